The van der Waals surface area contributed by atoms with Crippen LogP contribution in [0.15, 0.2) is 0 Å². The van der Waals surface area contributed by atoms with E-state index in [2.05, 4.69) is 13.8 Å². The molecule has 1 saturated carbocycles. The lowest BCUT2D eigenvalue weighted by atomic mass is 9.72. The first-order valence-electron chi connectivity index (χ1n) is 5.77. The maximum Gasteiger partial charge on any atom is -0.0326 e. The summed E-state index contributed by atoms with van der Waals surface area (Å²) in [6.45, 7) is 4.80. The van der Waals surface area contributed by atoms with E-state index in [0.29, 0.717) is 0 Å². The molecule has 0 heteroatoms. The monoisotopic (exact) mass is 168 g/mol. The van der Waals surface area contributed by atoms with Crippen LogP contribution in [0.3, 0.4) is 0 Å². The van der Waals surface area contributed by atoms with Crippen LogP contribution in [-0.4, -0.2) is 0 Å². The SMILES string of the molecule is CCCCCC1(C)CCCCC1. The normalized spacial score (nSPS) is 22.5. The minimum absolute atomic E-state index is 0.730. The minimum atomic E-state index is 0.730. The topological polar surface area (TPSA) is 0 Å². The second kappa shape index (κ2) is 4.89. The Morgan fingerprint density at radius 3 is 2.25 bits per heavy atom. The minimum Gasteiger partial charge on any atom is -0.0654 e. The van der Waals surface area contributed by atoms with Gasteiger partial charge in [-0.3, -0.25) is 0 Å². The quantitative estimate of drug-likeness (QED) is 0.541. The molecule has 0 saturated heterocycles. The number of hydrogen-bond acceptors (Lipinski definition) is 0. The highest BCUT2D eigenvalue weighted by Gasteiger charge is 2.25. The van der Waals surface area contributed by atoms with Gasteiger partial charge >= 0.3 is 0 Å². The Morgan fingerprint density at radius 2 is 1.67 bits per heavy atom. The molecule has 0 amide bonds. The highest BCUT2D eigenvalue weighted by Crippen LogP contribution is 2.39. The Balaban J connectivity index is 2.17. The van der Waals surface area contributed by atoms with E-state index in [4.69, 9.17) is 0 Å². The van der Waals surface area contributed by atoms with E-state index in [1.165, 1.54) is 57.8 Å². The van der Waals surface area contributed by atoms with Crippen LogP contribution in [0.4, 0.5) is 0 Å². The molecule has 12 heavy (non-hydrogen) atoms. The smallest absolute Gasteiger partial charge is 0.0326 e. The summed E-state index contributed by atoms with van der Waals surface area (Å²) in [6, 6.07) is 0. The van der Waals surface area contributed by atoms with Crippen molar-refractivity contribution in [3.63, 3.8) is 0 Å². The average Bonchev–Trinajstić information content (AvgIpc) is 2.06. The predicted molar refractivity (Wildman–Crippen MR) is 55.3 cm³/mol. The standard InChI is InChI=1S/C12H24/c1-3-4-6-9-12(2)10-7-5-8-11-12/h3-11H2,1-2H3. The van der Waals surface area contributed by atoms with Crippen molar-refractivity contribution in [1.29, 1.82) is 0 Å². The molecule has 0 aromatic rings. The molecule has 0 aliphatic heterocycles. The first-order chi connectivity index (χ1) is 5.77. The van der Waals surface area contributed by atoms with Crippen LogP contribution in [-0.2, 0) is 0 Å². The third-order valence-corrected chi connectivity index (χ3v) is 3.44. The molecule has 0 bridgehead atoms. The molecular weight excluding hydrogens is 144 g/mol. The molecule has 0 aromatic carbocycles. The molecule has 0 nitrogen and oxygen atoms in total. The molecule has 0 spiro atoms. The van der Waals surface area contributed by atoms with Crippen molar-refractivity contribution in [2.45, 2.75) is 71.6 Å². The van der Waals surface area contributed by atoms with Gasteiger partial charge in [-0.2, -0.15) is 0 Å². The summed E-state index contributed by atoms with van der Waals surface area (Å²) in [4.78, 5) is 0. The van der Waals surface area contributed by atoms with E-state index >= 15 is 0 Å². The third-order valence-electron chi connectivity index (χ3n) is 3.44. The Morgan fingerprint density at radius 1 is 1.00 bits per heavy atom. The fourth-order valence-electron chi connectivity index (χ4n) is 2.46. The molecule has 0 heterocycles. The molecule has 1 rings (SSSR count). The molecule has 0 unspecified atom stereocenters. The lowest BCUT2D eigenvalue weighted by molar-refractivity contribution is 0.193. The average molecular weight is 168 g/mol. The van der Waals surface area contributed by atoms with E-state index in [-0.39, 0.29) is 0 Å². The summed E-state index contributed by atoms with van der Waals surface area (Å²) in [7, 11) is 0. The molecule has 0 atom stereocenters. The lowest BCUT2D eigenvalue weighted by Crippen LogP contribution is -2.19. The second-order valence-corrected chi connectivity index (χ2v) is 4.83. The van der Waals surface area contributed by atoms with E-state index in [0.717, 1.165) is 5.41 Å². The van der Waals surface area contributed by atoms with E-state index in [9.17, 15) is 0 Å². The summed E-state index contributed by atoms with van der Waals surface area (Å²) in [5, 5.41) is 0. The van der Waals surface area contributed by atoms with Gasteiger partial charge in [-0.05, 0) is 24.7 Å². The van der Waals surface area contributed by atoms with E-state index < -0.39 is 0 Å². The first-order valence-corrected chi connectivity index (χ1v) is 5.77. The van der Waals surface area contributed by atoms with E-state index in [1.807, 2.05) is 0 Å². The van der Waals surface area contributed by atoms with E-state index in [1.54, 1.807) is 0 Å². The number of hydrogen-bond donors (Lipinski definition) is 0. The number of rotatable bonds is 4. The van der Waals surface area contributed by atoms with Crippen molar-refractivity contribution in [2.75, 3.05) is 0 Å². The van der Waals surface area contributed by atoms with Crippen LogP contribution in [0.2, 0.25) is 0 Å². The van der Waals surface area contributed by atoms with Crippen molar-refractivity contribution in [3.05, 3.63) is 0 Å². The molecule has 0 radical (unpaired) electrons. The van der Waals surface area contributed by atoms with Gasteiger partial charge in [-0.25, -0.2) is 0 Å². The van der Waals surface area contributed by atoms with Crippen molar-refractivity contribution in [2.24, 2.45) is 5.41 Å². The van der Waals surface area contributed by atoms with Crippen LogP contribution in [0.25, 0.3) is 0 Å². The highest BCUT2D eigenvalue weighted by molar-refractivity contribution is 4.77. The van der Waals surface area contributed by atoms with Crippen LogP contribution >= 0.6 is 0 Å². The maximum atomic E-state index is 2.50. The Kier molecular flexibility index (Phi) is 4.11. The summed E-state index contributed by atoms with van der Waals surface area (Å²) in [5.41, 5.74) is 0.730. The third kappa shape index (κ3) is 3.16. The van der Waals surface area contributed by atoms with Crippen LogP contribution in [0, 0.1) is 5.41 Å². The predicted octanol–water partition coefficient (Wildman–Crippen LogP) is 4.54. The van der Waals surface area contributed by atoms with Crippen LogP contribution in [0.1, 0.15) is 71.6 Å². The van der Waals surface area contributed by atoms with Gasteiger partial charge in [0.05, 0.1) is 0 Å². The summed E-state index contributed by atoms with van der Waals surface area (Å²) in [5.74, 6) is 0. The molecule has 0 N–H and O–H groups in total. The fourth-order valence-corrected chi connectivity index (χ4v) is 2.46. The molecule has 1 aliphatic carbocycles. The van der Waals surface area contributed by atoms with Gasteiger partial charge in [-0.15, -0.1) is 0 Å². The first kappa shape index (κ1) is 10.1. The Bertz CT molecular complexity index is 109. The summed E-state index contributed by atoms with van der Waals surface area (Å²) < 4.78 is 0. The van der Waals surface area contributed by atoms with Crippen molar-refractivity contribution < 1.29 is 0 Å². The molecule has 72 valence electrons. The summed E-state index contributed by atoms with van der Waals surface area (Å²) in [6.07, 6.45) is 13.2. The van der Waals surface area contributed by atoms with Gasteiger partial charge < -0.3 is 0 Å². The van der Waals surface area contributed by atoms with Crippen molar-refractivity contribution in [3.8, 4) is 0 Å². The van der Waals surface area contributed by atoms with Gasteiger partial charge in [0.25, 0.3) is 0 Å². The summed E-state index contributed by atoms with van der Waals surface area (Å²) >= 11 is 0. The van der Waals surface area contributed by atoms with Crippen molar-refractivity contribution in [1.82, 2.24) is 0 Å². The maximum absolute atomic E-state index is 2.50. The van der Waals surface area contributed by atoms with Gasteiger partial charge in [0.1, 0.15) is 0 Å². The van der Waals surface area contributed by atoms with Gasteiger partial charge in [0, 0.05) is 0 Å². The second-order valence-electron chi connectivity index (χ2n) is 4.83. The molecule has 0 aromatic heterocycles. The van der Waals surface area contributed by atoms with Crippen molar-refractivity contribution >= 4 is 0 Å². The fraction of sp³-hybridized carbons (Fsp3) is 1.00. The van der Waals surface area contributed by atoms with Gasteiger partial charge in [0.2, 0.25) is 0 Å². The largest absolute Gasteiger partial charge is 0.0654 e. The molecule has 1 fully saturated rings. The van der Waals surface area contributed by atoms with Crippen LogP contribution in [0.5, 0.6) is 0 Å². The van der Waals surface area contributed by atoms with Gasteiger partial charge in [-0.1, -0.05) is 52.4 Å². The Labute approximate surface area is 77.7 Å². The highest BCUT2D eigenvalue weighted by atomic mass is 14.3. The van der Waals surface area contributed by atoms with Gasteiger partial charge in [0.15, 0.2) is 0 Å². The molecule has 1 aliphatic rings. The number of unbranched alkanes of at least 4 members (excludes halogenated alkanes) is 2. The lowest BCUT2D eigenvalue weighted by Gasteiger charge is -2.33. The zero-order chi connectivity index (χ0) is 8.86. The Hall–Kier alpha value is 0. The zero-order valence-electron chi connectivity index (χ0n) is 8.86. The molecular formula is C12H24. The van der Waals surface area contributed by atoms with Crippen LogP contribution < -0.4 is 0 Å². The zero-order valence-corrected chi connectivity index (χ0v) is 8.86.